The Kier molecular flexibility index (Phi) is 4.07. The topological polar surface area (TPSA) is 101 Å². The van der Waals surface area contributed by atoms with E-state index in [2.05, 4.69) is 4.74 Å². The van der Waals surface area contributed by atoms with Crippen LogP contribution in [0.25, 0.3) is 0 Å². The third-order valence-corrected chi connectivity index (χ3v) is 1.12. The molecular formula is C6H5F3O6. The zero-order valence-electron chi connectivity index (χ0n) is 6.95. The molecule has 0 radical (unpaired) electrons. The summed E-state index contributed by atoms with van der Waals surface area (Å²) in [6.45, 7) is 0. The quantitative estimate of drug-likeness (QED) is 0.660. The number of carboxylic acids is 2. The van der Waals surface area contributed by atoms with Crippen LogP contribution in [0.2, 0.25) is 0 Å². The highest BCUT2D eigenvalue weighted by atomic mass is 19.4. The van der Waals surface area contributed by atoms with Crippen LogP contribution in [0.4, 0.5) is 13.2 Å². The number of esters is 1. The molecule has 9 heteroatoms. The minimum absolute atomic E-state index is 1.24. The summed E-state index contributed by atoms with van der Waals surface area (Å²) in [6.07, 6.45) is -8.94. The molecule has 0 aromatic heterocycles. The molecule has 0 aliphatic rings. The molecular weight excluding hydrogens is 225 g/mol. The highest BCUT2D eigenvalue weighted by Crippen LogP contribution is 2.18. The van der Waals surface area contributed by atoms with Gasteiger partial charge in [0.25, 0.3) is 0 Å². The third-order valence-electron chi connectivity index (χ3n) is 1.12. The fraction of sp³-hybridized carbons (Fsp3) is 0.500. The number of rotatable bonds is 4. The van der Waals surface area contributed by atoms with Gasteiger partial charge < -0.3 is 14.9 Å². The molecule has 0 aromatic rings. The Morgan fingerprint density at radius 3 is 1.93 bits per heavy atom. The number of carbonyl (C=O) groups excluding carboxylic acids is 1. The molecule has 0 spiro atoms. The summed E-state index contributed by atoms with van der Waals surface area (Å²) in [6, 6.07) is 0. The SMILES string of the molecule is O=C(O)CC(OC(=O)C(F)(F)F)C(=O)O. The van der Waals surface area contributed by atoms with Gasteiger partial charge in [0.05, 0.1) is 6.42 Å². The van der Waals surface area contributed by atoms with E-state index in [9.17, 15) is 27.6 Å². The number of ether oxygens (including phenoxy) is 1. The first-order valence-electron chi connectivity index (χ1n) is 3.37. The molecule has 15 heavy (non-hydrogen) atoms. The molecule has 1 unspecified atom stereocenters. The number of aliphatic carboxylic acids is 2. The van der Waals surface area contributed by atoms with Crippen molar-refractivity contribution in [2.75, 3.05) is 0 Å². The molecule has 0 saturated heterocycles. The molecule has 0 heterocycles. The smallest absolute Gasteiger partial charge is 0.481 e. The van der Waals surface area contributed by atoms with Gasteiger partial charge in [-0.2, -0.15) is 13.2 Å². The average Bonchev–Trinajstić information content (AvgIpc) is 1.99. The summed E-state index contributed by atoms with van der Waals surface area (Å²) in [7, 11) is 0. The Hall–Kier alpha value is -1.80. The fourth-order valence-corrected chi connectivity index (χ4v) is 0.534. The number of hydrogen-bond donors (Lipinski definition) is 2. The van der Waals surface area contributed by atoms with Crippen LogP contribution in [0.5, 0.6) is 0 Å². The number of hydrogen-bond acceptors (Lipinski definition) is 4. The van der Waals surface area contributed by atoms with Crippen LogP contribution in [0.15, 0.2) is 0 Å². The molecule has 0 rings (SSSR count). The summed E-state index contributed by atoms with van der Waals surface area (Å²) in [4.78, 5) is 30.4. The summed E-state index contributed by atoms with van der Waals surface area (Å²) in [5.41, 5.74) is 0. The van der Waals surface area contributed by atoms with Crippen molar-refractivity contribution in [2.24, 2.45) is 0 Å². The maximum atomic E-state index is 11.6. The summed E-state index contributed by atoms with van der Waals surface area (Å²) in [5, 5.41) is 16.3. The van der Waals surface area contributed by atoms with E-state index in [4.69, 9.17) is 10.2 Å². The summed E-state index contributed by atoms with van der Waals surface area (Å²) < 4.78 is 38.2. The molecule has 6 nitrogen and oxygen atoms in total. The van der Waals surface area contributed by atoms with Crippen molar-refractivity contribution in [3.05, 3.63) is 0 Å². The lowest BCUT2D eigenvalue weighted by Gasteiger charge is -2.12. The predicted molar refractivity (Wildman–Crippen MR) is 35.8 cm³/mol. The van der Waals surface area contributed by atoms with Gasteiger partial charge in [-0.3, -0.25) is 4.79 Å². The Labute approximate surface area is 80.2 Å². The minimum Gasteiger partial charge on any atom is -0.481 e. The zero-order chi connectivity index (χ0) is 12.2. The minimum atomic E-state index is -5.35. The average molecular weight is 230 g/mol. The van der Waals surface area contributed by atoms with Crippen LogP contribution in [-0.2, 0) is 19.1 Å². The number of carboxylic acid groups (broad SMARTS) is 2. The molecule has 86 valence electrons. The summed E-state index contributed by atoms with van der Waals surface area (Å²) >= 11 is 0. The first-order chi connectivity index (χ1) is 6.64. The van der Waals surface area contributed by atoms with Crippen molar-refractivity contribution >= 4 is 17.9 Å². The van der Waals surface area contributed by atoms with E-state index in [1.165, 1.54) is 0 Å². The Bertz CT molecular complexity index is 283. The fourth-order valence-electron chi connectivity index (χ4n) is 0.534. The molecule has 0 aliphatic heterocycles. The maximum Gasteiger partial charge on any atom is 0.490 e. The van der Waals surface area contributed by atoms with Crippen LogP contribution < -0.4 is 0 Å². The van der Waals surface area contributed by atoms with Crippen LogP contribution in [0, 0.1) is 0 Å². The van der Waals surface area contributed by atoms with Crippen molar-refractivity contribution in [2.45, 2.75) is 18.7 Å². The van der Waals surface area contributed by atoms with Gasteiger partial charge in [0.1, 0.15) is 0 Å². The highest BCUT2D eigenvalue weighted by molar-refractivity contribution is 5.84. The number of alkyl halides is 3. The molecule has 0 saturated carbocycles. The monoisotopic (exact) mass is 230 g/mol. The van der Waals surface area contributed by atoms with Gasteiger partial charge in [-0.1, -0.05) is 0 Å². The van der Waals surface area contributed by atoms with E-state index in [0.717, 1.165) is 0 Å². The van der Waals surface area contributed by atoms with E-state index >= 15 is 0 Å². The summed E-state index contributed by atoms with van der Waals surface area (Å²) in [5.74, 6) is -6.40. The van der Waals surface area contributed by atoms with Crippen LogP contribution in [0.1, 0.15) is 6.42 Å². The van der Waals surface area contributed by atoms with Gasteiger partial charge in [0.15, 0.2) is 0 Å². The molecule has 0 bridgehead atoms. The van der Waals surface area contributed by atoms with Gasteiger partial charge in [-0.15, -0.1) is 0 Å². The molecule has 1 atom stereocenters. The largest absolute Gasteiger partial charge is 0.490 e. The van der Waals surface area contributed by atoms with Gasteiger partial charge >= 0.3 is 24.1 Å². The van der Waals surface area contributed by atoms with E-state index < -0.39 is 36.6 Å². The molecule has 0 fully saturated rings. The lowest BCUT2D eigenvalue weighted by Crippen LogP contribution is -2.35. The van der Waals surface area contributed by atoms with E-state index in [1.807, 2.05) is 0 Å². The molecule has 0 aromatic carbocycles. The van der Waals surface area contributed by atoms with Gasteiger partial charge in [0, 0.05) is 0 Å². The molecule has 2 N–H and O–H groups in total. The van der Waals surface area contributed by atoms with Crippen LogP contribution in [0.3, 0.4) is 0 Å². The lowest BCUT2D eigenvalue weighted by atomic mass is 10.2. The van der Waals surface area contributed by atoms with Crippen LogP contribution >= 0.6 is 0 Å². The van der Waals surface area contributed by atoms with Gasteiger partial charge in [0.2, 0.25) is 6.10 Å². The van der Waals surface area contributed by atoms with Crippen molar-refractivity contribution in [3.8, 4) is 0 Å². The van der Waals surface area contributed by atoms with Gasteiger partial charge in [-0.25, -0.2) is 9.59 Å². The lowest BCUT2D eigenvalue weighted by molar-refractivity contribution is -0.208. The van der Waals surface area contributed by atoms with Crippen molar-refractivity contribution in [1.29, 1.82) is 0 Å². The third kappa shape index (κ3) is 4.84. The van der Waals surface area contributed by atoms with E-state index in [0.29, 0.717) is 0 Å². The first kappa shape index (κ1) is 13.2. The number of carbonyl (C=O) groups is 3. The Morgan fingerprint density at radius 1 is 1.20 bits per heavy atom. The van der Waals surface area contributed by atoms with Gasteiger partial charge in [-0.05, 0) is 0 Å². The molecule has 0 amide bonds. The van der Waals surface area contributed by atoms with Crippen molar-refractivity contribution in [3.63, 3.8) is 0 Å². The second kappa shape index (κ2) is 4.62. The number of halogens is 3. The van der Waals surface area contributed by atoms with E-state index in [-0.39, 0.29) is 0 Å². The second-order valence-corrected chi connectivity index (χ2v) is 2.33. The zero-order valence-corrected chi connectivity index (χ0v) is 6.95. The Balaban J connectivity index is 4.50. The maximum absolute atomic E-state index is 11.6. The normalized spacial score (nSPS) is 13.0. The van der Waals surface area contributed by atoms with Crippen molar-refractivity contribution in [1.82, 2.24) is 0 Å². The highest BCUT2D eigenvalue weighted by Gasteiger charge is 2.43. The van der Waals surface area contributed by atoms with Crippen LogP contribution in [-0.4, -0.2) is 40.4 Å². The first-order valence-corrected chi connectivity index (χ1v) is 3.37. The molecule has 0 aliphatic carbocycles. The Morgan fingerprint density at radius 2 is 1.67 bits per heavy atom. The predicted octanol–water partition coefficient (Wildman–Crippen LogP) is 0.0198. The van der Waals surface area contributed by atoms with Crippen molar-refractivity contribution < 1.29 is 42.5 Å². The second-order valence-electron chi connectivity index (χ2n) is 2.33. The van der Waals surface area contributed by atoms with E-state index in [1.54, 1.807) is 0 Å². The standard InChI is InChI=1S/C6H5F3O6/c7-6(8,9)5(14)15-2(4(12)13)1-3(10)11/h2H,1H2,(H,10,11)(H,12,13).